The summed E-state index contributed by atoms with van der Waals surface area (Å²) in [4.78, 5) is 24.7. The van der Waals surface area contributed by atoms with Crippen LogP contribution in [0.25, 0.3) is 0 Å². The molecule has 3 N–H and O–H groups in total. The van der Waals surface area contributed by atoms with Gasteiger partial charge < -0.3 is 10.5 Å². The van der Waals surface area contributed by atoms with Gasteiger partial charge in [0.15, 0.2) is 11.2 Å². The molecule has 3 aliphatic rings. The van der Waals surface area contributed by atoms with E-state index in [0.717, 1.165) is 12.3 Å². The van der Waals surface area contributed by atoms with Crippen LogP contribution in [0.5, 0.6) is 0 Å². The molecule has 104 valence electrons. The standard InChI is InChI=1S/C12H9NO6S/c13-8-3-1-6-2-4-9(14)12(8)7(6)5-19-11(10(12)15)20(16,17)18/h1-5,11H,13H2,(H,16,17,18). The van der Waals surface area contributed by atoms with Crippen LogP contribution in [0.1, 0.15) is 0 Å². The smallest absolute Gasteiger partial charge is 0.311 e. The third-order valence-corrected chi connectivity index (χ3v) is 4.40. The Balaban J connectivity index is 2.32. The highest BCUT2D eigenvalue weighted by Crippen LogP contribution is 2.49. The number of ketones is 2. The normalized spacial score (nSPS) is 31.9. The summed E-state index contributed by atoms with van der Waals surface area (Å²) < 4.78 is 36.3. The van der Waals surface area contributed by atoms with Crippen molar-refractivity contribution in [1.29, 1.82) is 0 Å². The van der Waals surface area contributed by atoms with Gasteiger partial charge in [0.2, 0.25) is 5.78 Å². The minimum atomic E-state index is -4.81. The molecule has 8 heteroatoms. The first-order chi connectivity index (χ1) is 9.29. The summed E-state index contributed by atoms with van der Waals surface area (Å²) in [6.45, 7) is 0. The van der Waals surface area contributed by atoms with Crippen molar-refractivity contribution in [2.75, 3.05) is 0 Å². The van der Waals surface area contributed by atoms with Gasteiger partial charge in [-0.25, -0.2) is 0 Å². The van der Waals surface area contributed by atoms with Crippen LogP contribution in [0, 0.1) is 5.41 Å². The van der Waals surface area contributed by atoms with E-state index in [1.54, 1.807) is 6.08 Å². The number of carbonyl (C=O) groups excluding carboxylic acids is 2. The number of nitrogens with two attached hydrogens (primary N) is 1. The molecule has 20 heavy (non-hydrogen) atoms. The van der Waals surface area contributed by atoms with E-state index in [1.807, 2.05) is 0 Å². The minimum absolute atomic E-state index is 0.0937. The molecule has 0 aromatic carbocycles. The number of hydrogen-bond acceptors (Lipinski definition) is 6. The van der Waals surface area contributed by atoms with Crippen molar-refractivity contribution >= 4 is 21.7 Å². The lowest BCUT2D eigenvalue weighted by Gasteiger charge is -2.41. The molecular weight excluding hydrogens is 286 g/mol. The highest BCUT2D eigenvalue weighted by molar-refractivity contribution is 7.87. The van der Waals surface area contributed by atoms with Gasteiger partial charge in [-0.05, 0) is 17.7 Å². The van der Waals surface area contributed by atoms with Crippen molar-refractivity contribution < 1.29 is 27.3 Å². The fraction of sp³-hybridized carbons (Fsp3) is 0.167. The van der Waals surface area contributed by atoms with Crippen LogP contribution in [-0.4, -0.2) is 30.0 Å². The lowest BCUT2D eigenvalue weighted by atomic mass is 9.63. The molecule has 2 unspecified atom stereocenters. The number of rotatable bonds is 1. The number of allylic oxidation sites excluding steroid dienone is 6. The second-order valence-corrected chi connectivity index (χ2v) is 6.03. The molecule has 0 saturated carbocycles. The predicted molar refractivity (Wildman–Crippen MR) is 66.4 cm³/mol. The van der Waals surface area contributed by atoms with E-state index in [-0.39, 0.29) is 11.3 Å². The molecule has 0 spiro atoms. The molecule has 1 aliphatic heterocycles. The molecular formula is C12H9NO6S. The summed E-state index contributed by atoms with van der Waals surface area (Å²) in [7, 11) is -4.81. The largest absolute Gasteiger partial charge is 0.471 e. The Hall–Kier alpha value is -2.19. The molecule has 0 saturated heterocycles. The van der Waals surface area contributed by atoms with Crippen LogP contribution in [0.15, 0.2) is 47.4 Å². The van der Waals surface area contributed by atoms with Crippen LogP contribution in [-0.2, 0) is 24.4 Å². The first kappa shape index (κ1) is 12.8. The predicted octanol–water partition coefficient (Wildman–Crippen LogP) is -0.409. The SMILES string of the molecule is NC1=CC=C2C=CC(=O)C13C(=O)C(S(=O)(=O)O)OC=C23. The molecule has 2 aliphatic carbocycles. The van der Waals surface area contributed by atoms with E-state index in [9.17, 15) is 18.0 Å². The van der Waals surface area contributed by atoms with Gasteiger partial charge in [0.1, 0.15) is 0 Å². The molecule has 0 aromatic rings. The Bertz CT molecular complexity index is 770. The van der Waals surface area contributed by atoms with Gasteiger partial charge in [0, 0.05) is 11.3 Å². The van der Waals surface area contributed by atoms with E-state index in [0.29, 0.717) is 5.57 Å². The van der Waals surface area contributed by atoms with Crippen LogP contribution in [0.4, 0.5) is 0 Å². The monoisotopic (exact) mass is 295 g/mol. The van der Waals surface area contributed by atoms with E-state index in [2.05, 4.69) is 0 Å². The van der Waals surface area contributed by atoms with Gasteiger partial charge in [-0.2, -0.15) is 8.42 Å². The van der Waals surface area contributed by atoms with Crippen molar-refractivity contribution in [1.82, 2.24) is 0 Å². The van der Waals surface area contributed by atoms with Crippen LogP contribution >= 0.6 is 0 Å². The maximum atomic E-state index is 12.5. The highest BCUT2D eigenvalue weighted by Gasteiger charge is 2.60. The molecule has 1 heterocycles. The van der Waals surface area contributed by atoms with Gasteiger partial charge in [-0.15, -0.1) is 0 Å². The van der Waals surface area contributed by atoms with E-state index >= 15 is 0 Å². The summed E-state index contributed by atoms with van der Waals surface area (Å²) in [6, 6.07) is 0. The Kier molecular flexibility index (Phi) is 2.36. The molecule has 2 bridgehead atoms. The Morgan fingerprint density at radius 3 is 2.60 bits per heavy atom. The molecule has 0 radical (unpaired) electrons. The number of hydrogen-bond donors (Lipinski definition) is 2. The van der Waals surface area contributed by atoms with Gasteiger partial charge in [-0.1, -0.05) is 12.2 Å². The van der Waals surface area contributed by atoms with Crippen molar-refractivity contribution in [3.8, 4) is 0 Å². The number of ether oxygens (including phenoxy) is 1. The third kappa shape index (κ3) is 1.34. The van der Waals surface area contributed by atoms with Gasteiger partial charge in [-0.3, -0.25) is 14.1 Å². The topological polar surface area (TPSA) is 124 Å². The quantitative estimate of drug-likeness (QED) is 0.498. The third-order valence-electron chi connectivity index (χ3n) is 3.54. The zero-order valence-corrected chi connectivity index (χ0v) is 10.8. The summed E-state index contributed by atoms with van der Waals surface area (Å²) in [6.07, 6.45) is 6.60. The summed E-state index contributed by atoms with van der Waals surface area (Å²) in [5.74, 6) is -1.76. The Morgan fingerprint density at radius 1 is 1.25 bits per heavy atom. The van der Waals surface area contributed by atoms with Crippen LogP contribution in [0.3, 0.4) is 0 Å². The van der Waals surface area contributed by atoms with E-state index in [1.165, 1.54) is 12.2 Å². The molecule has 7 nitrogen and oxygen atoms in total. The lowest BCUT2D eigenvalue weighted by Crippen LogP contribution is -2.55. The molecule has 2 atom stereocenters. The maximum absolute atomic E-state index is 12.5. The average molecular weight is 295 g/mol. The average Bonchev–Trinajstić information content (AvgIpc) is 2.35. The molecule has 0 amide bonds. The zero-order valence-electron chi connectivity index (χ0n) is 9.94. The van der Waals surface area contributed by atoms with Gasteiger partial charge >= 0.3 is 10.1 Å². The van der Waals surface area contributed by atoms with Crippen molar-refractivity contribution in [2.45, 2.75) is 5.44 Å². The lowest BCUT2D eigenvalue weighted by molar-refractivity contribution is -0.139. The summed E-state index contributed by atoms with van der Waals surface area (Å²) >= 11 is 0. The second kappa shape index (κ2) is 3.68. The van der Waals surface area contributed by atoms with E-state index < -0.39 is 32.5 Å². The van der Waals surface area contributed by atoms with Crippen molar-refractivity contribution in [2.24, 2.45) is 11.1 Å². The maximum Gasteiger partial charge on any atom is 0.311 e. The fourth-order valence-electron chi connectivity index (χ4n) is 2.60. The zero-order chi connectivity index (χ0) is 14.7. The second-order valence-electron chi connectivity index (χ2n) is 4.57. The van der Waals surface area contributed by atoms with Crippen molar-refractivity contribution in [3.63, 3.8) is 0 Å². The molecule has 3 rings (SSSR count). The van der Waals surface area contributed by atoms with Gasteiger partial charge in [0.25, 0.3) is 5.44 Å². The summed E-state index contributed by atoms with van der Waals surface area (Å²) in [5, 5.41) is 0. The fourth-order valence-corrected chi connectivity index (χ4v) is 3.25. The van der Waals surface area contributed by atoms with Crippen LogP contribution in [0.2, 0.25) is 0 Å². The first-order valence-electron chi connectivity index (χ1n) is 5.57. The Labute approximate surface area is 113 Å². The first-order valence-corrected chi connectivity index (χ1v) is 7.07. The van der Waals surface area contributed by atoms with Crippen molar-refractivity contribution in [3.05, 3.63) is 47.4 Å². The van der Waals surface area contributed by atoms with Crippen LogP contribution < -0.4 is 5.73 Å². The van der Waals surface area contributed by atoms with E-state index in [4.69, 9.17) is 15.0 Å². The van der Waals surface area contributed by atoms with Gasteiger partial charge in [0.05, 0.1) is 6.26 Å². The summed E-state index contributed by atoms with van der Waals surface area (Å²) in [5.41, 5.74) is 2.33. The Morgan fingerprint density at radius 2 is 1.95 bits per heavy atom. The molecule has 0 aromatic heterocycles. The minimum Gasteiger partial charge on any atom is -0.471 e. The molecule has 0 fully saturated rings. The highest BCUT2D eigenvalue weighted by atomic mass is 32.2. The number of Topliss-reactive ketones (excluding diaryl/α,β-unsaturated/α-hetero) is 1. The number of carbonyl (C=O) groups is 2.